The summed E-state index contributed by atoms with van der Waals surface area (Å²) in [7, 11) is 0. The zero-order chi connectivity index (χ0) is 9.97. The summed E-state index contributed by atoms with van der Waals surface area (Å²) in [6, 6.07) is 5.43. The number of rotatable bonds is 2. The SMILES string of the molecule is O=C(CO)Nc1ccc2ncsc2c1. The van der Waals surface area contributed by atoms with Crippen LogP contribution in [0.1, 0.15) is 0 Å². The number of aliphatic hydroxyl groups excluding tert-OH is 1. The van der Waals surface area contributed by atoms with E-state index in [4.69, 9.17) is 5.11 Å². The third-order valence-electron chi connectivity index (χ3n) is 1.76. The van der Waals surface area contributed by atoms with Crippen LogP contribution in [0.4, 0.5) is 5.69 Å². The molecule has 0 atom stereocenters. The molecule has 1 aromatic carbocycles. The van der Waals surface area contributed by atoms with Crippen molar-refractivity contribution in [1.29, 1.82) is 0 Å². The highest BCUT2D eigenvalue weighted by Crippen LogP contribution is 2.21. The van der Waals surface area contributed by atoms with Gasteiger partial charge in [0.05, 0.1) is 15.7 Å². The largest absolute Gasteiger partial charge is 0.387 e. The van der Waals surface area contributed by atoms with Crippen LogP contribution < -0.4 is 5.32 Å². The van der Waals surface area contributed by atoms with Crippen molar-refractivity contribution < 1.29 is 9.90 Å². The zero-order valence-corrected chi connectivity index (χ0v) is 8.04. The molecule has 0 saturated heterocycles. The van der Waals surface area contributed by atoms with Crippen LogP contribution in [0, 0.1) is 0 Å². The Hall–Kier alpha value is -1.46. The molecule has 0 spiro atoms. The van der Waals surface area contributed by atoms with E-state index in [0.717, 1.165) is 10.2 Å². The highest BCUT2D eigenvalue weighted by Gasteiger charge is 2.01. The van der Waals surface area contributed by atoms with Crippen molar-refractivity contribution in [3.63, 3.8) is 0 Å². The number of aromatic nitrogens is 1. The fourth-order valence-corrected chi connectivity index (χ4v) is 1.85. The molecule has 2 N–H and O–H groups in total. The van der Waals surface area contributed by atoms with Crippen molar-refractivity contribution in [3.05, 3.63) is 23.7 Å². The fourth-order valence-electron chi connectivity index (χ4n) is 1.13. The Morgan fingerprint density at radius 2 is 2.43 bits per heavy atom. The molecule has 0 aliphatic rings. The summed E-state index contributed by atoms with van der Waals surface area (Å²) in [5.74, 6) is -0.408. The Labute approximate surface area is 84.2 Å². The van der Waals surface area contributed by atoms with Crippen LogP contribution in [0.25, 0.3) is 10.2 Å². The number of anilines is 1. The molecule has 4 nitrogen and oxygen atoms in total. The number of nitrogens with one attached hydrogen (secondary N) is 1. The molecule has 0 fully saturated rings. The first-order valence-corrected chi connectivity index (χ1v) is 4.91. The van der Waals surface area contributed by atoms with Crippen molar-refractivity contribution in [1.82, 2.24) is 4.98 Å². The fraction of sp³-hybridized carbons (Fsp3) is 0.111. The molecule has 14 heavy (non-hydrogen) atoms. The Morgan fingerprint density at radius 3 is 3.21 bits per heavy atom. The van der Waals surface area contributed by atoms with Gasteiger partial charge < -0.3 is 10.4 Å². The first-order valence-electron chi connectivity index (χ1n) is 4.03. The standard InChI is InChI=1S/C9H8N2O2S/c12-4-9(13)11-6-1-2-7-8(3-6)14-5-10-7/h1-3,5,12H,4H2,(H,11,13). The van der Waals surface area contributed by atoms with Crippen LogP contribution in [0.5, 0.6) is 0 Å². The Morgan fingerprint density at radius 1 is 1.57 bits per heavy atom. The smallest absolute Gasteiger partial charge is 0.250 e. The maximum atomic E-state index is 10.9. The Kier molecular flexibility index (Phi) is 2.43. The minimum Gasteiger partial charge on any atom is -0.387 e. The second kappa shape index (κ2) is 3.73. The van der Waals surface area contributed by atoms with E-state index in [1.807, 2.05) is 12.1 Å². The predicted octanol–water partition coefficient (Wildman–Crippen LogP) is 1.23. The average molecular weight is 208 g/mol. The number of hydrogen-bond acceptors (Lipinski definition) is 4. The lowest BCUT2D eigenvalue weighted by Gasteiger charge is -2.01. The summed E-state index contributed by atoms with van der Waals surface area (Å²) >= 11 is 1.51. The highest BCUT2D eigenvalue weighted by molar-refractivity contribution is 7.16. The number of thiazole rings is 1. The van der Waals surface area contributed by atoms with Gasteiger partial charge in [-0.2, -0.15) is 0 Å². The number of carbonyl (C=O) groups is 1. The van der Waals surface area contributed by atoms with E-state index in [9.17, 15) is 4.79 Å². The number of nitrogens with zero attached hydrogens (tertiary/aromatic N) is 1. The molecular weight excluding hydrogens is 200 g/mol. The number of carbonyl (C=O) groups excluding carboxylic acids is 1. The number of aliphatic hydroxyl groups is 1. The van der Waals surface area contributed by atoms with Gasteiger partial charge in [-0.1, -0.05) is 0 Å². The van der Waals surface area contributed by atoms with Gasteiger partial charge in [-0.05, 0) is 18.2 Å². The van der Waals surface area contributed by atoms with Crippen LogP contribution in [0.2, 0.25) is 0 Å². The molecule has 0 unspecified atom stereocenters. The normalized spacial score (nSPS) is 10.4. The van der Waals surface area contributed by atoms with Crippen molar-refractivity contribution in [2.75, 3.05) is 11.9 Å². The minimum atomic E-state index is -0.499. The molecule has 0 bridgehead atoms. The monoisotopic (exact) mass is 208 g/mol. The van der Waals surface area contributed by atoms with Gasteiger partial charge in [-0.25, -0.2) is 4.98 Å². The topological polar surface area (TPSA) is 62.2 Å². The highest BCUT2D eigenvalue weighted by atomic mass is 32.1. The summed E-state index contributed by atoms with van der Waals surface area (Å²) in [6.07, 6.45) is 0. The van der Waals surface area contributed by atoms with Gasteiger partial charge in [-0.15, -0.1) is 11.3 Å². The Bertz CT molecular complexity index is 467. The first kappa shape index (κ1) is 9.11. The van der Waals surface area contributed by atoms with Crippen molar-refractivity contribution in [3.8, 4) is 0 Å². The van der Waals surface area contributed by atoms with Crippen LogP contribution in [0.3, 0.4) is 0 Å². The molecular formula is C9H8N2O2S. The van der Waals surface area contributed by atoms with Crippen molar-refractivity contribution >= 4 is 33.1 Å². The van der Waals surface area contributed by atoms with Crippen LogP contribution in [-0.2, 0) is 4.79 Å². The summed E-state index contributed by atoms with van der Waals surface area (Å²) in [4.78, 5) is 15.0. The van der Waals surface area contributed by atoms with E-state index in [0.29, 0.717) is 5.69 Å². The van der Waals surface area contributed by atoms with E-state index in [-0.39, 0.29) is 0 Å². The average Bonchev–Trinajstić information content (AvgIpc) is 2.64. The lowest BCUT2D eigenvalue weighted by molar-refractivity contribution is -0.118. The van der Waals surface area contributed by atoms with E-state index < -0.39 is 12.5 Å². The quantitative estimate of drug-likeness (QED) is 0.780. The molecule has 2 rings (SSSR count). The number of benzene rings is 1. The van der Waals surface area contributed by atoms with E-state index in [2.05, 4.69) is 10.3 Å². The summed E-state index contributed by atoms with van der Waals surface area (Å²) in [6.45, 7) is -0.499. The molecule has 72 valence electrons. The summed E-state index contributed by atoms with van der Waals surface area (Å²) in [5.41, 5.74) is 3.35. The van der Waals surface area contributed by atoms with Gasteiger partial charge in [0.2, 0.25) is 5.91 Å². The van der Waals surface area contributed by atoms with E-state index in [1.54, 1.807) is 11.6 Å². The van der Waals surface area contributed by atoms with E-state index in [1.165, 1.54) is 11.3 Å². The third kappa shape index (κ3) is 1.73. The van der Waals surface area contributed by atoms with Crippen molar-refractivity contribution in [2.24, 2.45) is 0 Å². The maximum absolute atomic E-state index is 10.9. The third-order valence-corrected chi connectivity index (χ3v) is 2.55. The van der Waals surface area contributed by atoms with Gasteiger partial charge in [-0.3, -0.25) is 4.79 Å². The van der Waals surface area contributed by atoms with Crippen molar-refractivity contribution in [2.45, 2.75) is 0 Å². The lowest BCUT2D eigenvalue weighted by atomic mass is 10.3. The number of fused-ring (bicyclic) bond motifs is 1. The molecule has 0 radical (unpaired) electrons. The lowest BCUT2D eigenvalue weighted by Crippen LogP contribution is -2.15. The molecule has 1 heterocycles. The second-order valence-electron chi connectivity index (χ2n) is 2.74. The molecule has 0 aliphatic carbocycles. The summed E-state index contributed by atoms with van der Waals surface area (Å²) < 4.78 is 1.01. The van der Waals surface area contributed by atoms with Gasteiger partial charge in [0.15, 0.2) is 0 Å². The van der Waals surface area contributed by atoms with Crippen LogP contribution in [-0.4, -0.2) is 22.6 Å². The zero-order valence-electron chi connectivity index (χ0n) is 7.23. The molecule has 0 saturated carbocycles. The molecule has 1 aromatic heterocycles. The van der Waals surface area contributed by atoms with E-state index >= 15 is 0 Å². The predicted molar refractivity (Wildman–Crippen MR) is 55.3 cm³/mol. The Balaban J connectivity index is 2.30. The molecule has 1 amide bonds. The first-order chi connectivity index (χ1) is 6.79. The second-order valence-corrected chi connectivity index (χ2v) is 3.63. The molecule has 5 heteroatoms. The number of hydrogen-bond donors (Lipinski definition) is 2. The molecule has 0 aliphatic heterocycles. The minimum absolute atomic E-state index is 0.408. The molecule has 2 aromatic rings. The van der Waals surface area contributed by atoms with Gasteiger partial charge in [0.1, 0.15) is 6.61 Å². The van der Waals surface area contributed by atoms with Gasteiger partial charge in [0.25, 0.3) is 0 Å². The van der Waals surface area contributed by atoms with Gasteiger partial charge in [0, 0.05) is 5.69 Å². The van der Waals surface area contributed by atoms with Gasteiger partial charge >= 0.3 is 0 Å². The number of amides is 1. The van der Waals surface area contributed by atoms with Crippen LogP contribution in [0.15, 0.2) is 23.7 Å². The maximum Gasteiger partial charge on any atom is 0.250 e. The summed E-state index contributed by atoms with van der Waals surface area (Å²) in [5, 5.41) is 11.1. The van der Waals surface area contributed by atoms with Crippen LogP contribution >= 0.6 is 11.3 Å².